The zero-order valence-corrected chi connectivity index (χ0v) is 75.8. The van der Waals surface area contributed by atoms with E-state index in [0.717, 1.165) is 102 Å². The number of hydrogen-bond acceptors (Lipinski definition) is 8. The topological polar surface area (TPSA) is 93.2 Å². The van der Waals surface area contributed by atoms with Crippen molar-refractivity contribution in [3.63, 3.8) is 0 Å². The molecule has 123 heavy (non-hydrogen) atoms. The summed E-state index contributed by atoms with van der Waals surface area (Å²) in [5, 5.41) is 5.58. The normalized spacial score (nSPS) is 14.2. The van der Waals surface area contributed by atoms with Crippen LogP contribution in [0.3, 0.4) is 0 Å². The van der Waals surface area contributed by atoms with Crippen LogP contribution in [0.4, 0.5) is 0 Å². The van der Waals surface area contributed by atoms with Gasteiger partial charge < -0.3 is 37.9 Å². The first-order chi connectivity index (χ1) is 61.6. The molecule has 13 nitrogen and oxygen atoms in total. The molecule has 0 amide bonds. The summed E-state index contributed by atoms with van der Waals surface area (Å²) in [6, 6.07) is 76.4. The number of rotatable bonds is 6. The molecule has 0 bridgehead atoms. The fourth-order valence-electron chi connectivity index (χ4n) is 17.3. The molecule has 0 atom stereocenters. The number of hydrogen-bond donors (Lipinski definition) is 0. The van der Waals surface area contributed by atoms with Crippen LogP contribution in [0.15, 0.2) is 262 Å². The van der Waals surface area contributed by atoms with Crippen LogP contribution in [0.5, 0.6) is 92.0 Å². The molecule has 20 rings (SSSR count). The highest BCUT2D eigenvalue weighted by Gasteiger charge is 2.43. The first kappa shape index (κ1) is 74.8. The quantitative estimate of drug-likeness (QED) is 0.120. The lowest BCUT2D eigenvalue weighted by Gasteiger charge is -2.34. The molecule has 0 aliphatic carbocycles. The van der Waals surface area contributed by atoms with E-state index in [4.69, 9.17) is 47.5 Å². The average molecular weight is 1670 g/mol. The molecule has 15 aromatic rings. The van der Waals surface area contributed by atoms with Gasteiger partial charge in [0.2, 0.25) is 28.5 Å². The van der Waals surface area contributed by atoms with E-state index in [1.54, 1.807) is 18.5 Å². The standard InChI is InChI=1S/C23H26NOSi.C22H22NO2.C22H24NOSi.C21H20NO2.C20H18NO2/c1-15-11-12-20-23(22(15)18-13-16(2)17(3)14-24(18)4)26(5,6)21-10-8-7-9-19(21)25-20;1-14(2)16-10-11-17(23(4)13-16)21-15(3)9-12-20-22(21)25-19-8-6-5-7-18(19)24-20;1-15-10-12-17(23(3)14-15)21-16(2)11-13-19-22(21)25(4,5)20-9-7-6-8-18(20)24-19;1-13-9-10-19-21(24-18-8-6-5-7-17(18)23-19)20(13)16-11-14(2)15(3)12-22(16)4;1-13-8-10-15(21(3)12-13)19-14(2)9-11-18-20(19)23-17-7-5-4-6-16(17)22-18/h7-14H,1-6H3;5-14H,1-4H3;6-14H,1-5H3;5-12H,1-4H3;4-12H,1-3H3/q5*+1/i;14D;;3D3;1D3. The Morgan fingerprint density at radius 1 is 0.260 bits per heavy atom. The Kier molecular flexibility index (Phi) is 20.5. The van der Waals surface area contributed by atoms with Crippen LogP contribution in [0.1, 0.15) is 96.1 Å². The van der Waals surface area contributed by atoms with Crippen LogP contribution >= 0.6 is 0 Å². The number of fused-ring (bicyclic) bond motifs is 10. The van der Waals surface area contributed by atoms with Gasteiger partial charge in [0, 0.05) is 78.1 Å². The van der Waals surface area contributed by atoms with Gasteiger partial charge in [0.25, 0.3) is 0 Å². The van der Waals surface area contributed by atoms with E-state index in [1.165, 1.54) is 71.1 Å². The highest BCUT2D eigenvalue weighted by molar-refractivity contribution is 7.03. The van der Waals surface area contributed by atoms with E-state index < -0.39 is 35.7 Å². The molecule has 5 aromatic heterocycles. The molecule has 5 aliphatic heterocycles. The van der Waals surface area contributed by atoms with Crippen molar-refractivity contribution in [1.29, 1.82) is 0 Å². The van der Waals surface area contributed by atoms with E-state index in [0.29, 0.717) is 62.9 Å². The monoisotopic (exact) mass is 1670 g/mol. The summed E-state index contributed by atoms with van der Waals surface area (Å²) in [5.41, 5.74) is 22.8. The van der Waals surface area contributed by atoms with Gasteiger partial charge in [-0.3, -0.25) is 0 Å². The third kappa shape index (κ3) is 16.1. The van der Waals surface area contributed by atoms with Crippen LogP contribution in [-0.2, 0) is 35.2 Å². The fourth-order valence-corrected chi connectivity index (χ4v) is 23.8. The number of pyridine rings is 5. The lowest BCUT2D eigenvalue weighted by molar-refractivity contribution is -0.661. The minimum Gasteiger partial charge on any atom is -0.458 e. The Labute approximate surface area is 736 Å². The first-order valence-electron chi connectivity index (χ1n) is 45.2. The Hall–Kier alpha value is -13.2. The predicted molar refractivity (Wildman–Crippen MR) is 498 cm³/mol. The minimum absolute atomic E-state index is 0.300. The van der Waals surface area contributed by atoms with Crippen molar-refractivity contribution in [2.75, 3.05) is 0 Å². The zero-order valence-electron chi connectivity index (χ0n) is 80.8. The fraction of sp³-hybridized carbons (Fsp3) is 0.213. The summed E-state index contributed by atoms with van der Waals surface area (Å²) >= 11 is 0. The lowest BCUT2D eigenvalue weighted by atomic mass is 9.99. The highest BCUT2D eigenvalue weighted by atomic mass is 28.3. The van der Waals surface area contributed by atoms with E-state index >= 15 is 0 Å². The van der Waals surface area contributed by atoms with Gasteiger partial charge >= 0.3 is 0 Å². The number of nitrogens with zero attached hydrogens (tertiary/aromatic N) is 5. The lowest BCUT2D eigenvalue weighted by Crippen LogP contribution is -2.57. The predicted octanol–water partition coefficient (Wildman–Crippen LogP) is 23.0. The van der Waals surface area contributed by atoms with Crippen molar-refractivity contribution in [2.24, 2.45) is 35.2 Å². The molecular formula is C108H110N5O8Si2+5. The molecule has 0 fully saturated rings. The van der Waals surface area contributed by atoms with Crippen LogP contribution in [0.25, 0.3) is 56.3 Å². The molecule has 0 radical (unpaired) electrons. The molecule has 0 unspecified atom stereocenters. The molecule has 15 heteroatoms. The van der Waals surface area contributed by atoms with Gasteiger partial charge in [-0.05, 0) is 228 Å². The maximum atomic E-state index is 8.26. The summed E-state index contributed by atoms with van der Waals surface area (Å²) < 4.78 is 114. The summed E-state index contributed by atoms with van der Waals surface area (Å²) in [4.78, 5) is 0. The van der Waals surface area contributed by atoms with Gasteiger partial charge in [-0.25, -0.2) is 22.8 Å². The van der Waals surface area contributed by atoms with Gasteiger partial charge in [-0.2, -0.15) is 0 Å². The van der Waals surface area contributed by atoms with Gasteiger partial charge in [0.1, 0.15) is 74.4 Å². The second-order valence-corrected chi connectivity index (χ2v) is 42.5. The van der Waals surface area contributed by atoms with E-state index in [2.05, 4.69) is 205 Å². The van der Waals surface area contributed by atoms with Gasteiger partial charge in [-0.15, -0.1) is 0 Å². The third-order valence-corrected chi connectivity index (χ3v) is 31.0. The van der Waals surface area contributed by atoms with Crippen LogP contribution in [-0.4, -0.2) is 16.1 Å². The number of aryl methyl sites for hydroxylation is 16. The largest absolute Gasteiger partial charge is 0.458 e. The molecule has 0 N–H and O–H groups in total. The van der Waals surface area contributed by atoms with Crippen molar-refractivity contribution < 1.29 is 70.3 Å². The Morgan fingerprint density at radius 3 is 0.959 bits per heavy atom. The molecule has 618 valence electrons. The molecule has 0 spiro atoms. The second-order valence-electron chi connectivity index (χ2n) is 33.9. The highest BCUT2D eigenvalue weighted by Crippen LogP contribution is 2.54. The van der Waals surface area contributed by atoms with Crippen molar-refractivity contribution in [2.45, 2.75) is 122 Å². The average Bonchev–Trinajstić information content (AvgIpc) is 0.725. The van der Waals surface area contributed by atoms with Gasteiger partial charge in [0.15, 0.2) is 100.0 Å². The number of benzene rings is 10. The number of para-hydroxylation sites is 8. The van der Waals surface area contributed by atoms with E-state index in [9.17, 15) is 0 Å². The van der Waals surface area contributed by atoms with Crippen molar-refractivity contribution in [3.8, 4) is 148 Å². The van der Waals surface area contributed by atoms with Gasteiger partial charge in [-0.1, -0.05) is 143 Å². The van der Waals surface area contributed by atoms with Crippen molar-refractivity contribution in [1.82, 2.24) is 0 Å². The van der Waals surface area contributed by atoms with E-state index in [1.807, 2.05) is 198 Å². The molecule has 10 heterocycles. The van der Waals surface area contributed by atoms with E-state index in [-0.39, 0.29) is 0 Å². The van der Waals surface area contributed by atoms with Crippen LogP contribution in [0.2, 0.25) is 26.2 Å². The van der Waals surface area contributed by atoms with Gasteiger partial charge in [0.05, 0.1) is 27.8 Å². The molecule has 0 saturated heterocycles. The first-order valence-corrected chi connectivity index (χ1v) is 47.7. The Balaban J connectivity index is 0.000000119. The third-order valence-electron chi connectivity index (χ3n) is 24.0. The summed E-state index contributed by atoms with van der Waals surface area (Å²) in [7, 11) is 6.21. The Bertz CT molecular complexity index is 6880. The van der Waals surface area contributed by atoms with Crippen LogP contribution in [0, 0.1) is 76.0 Å². The molecule has 10 aromatic carbocycles. The number of aromatic nitrogens is 5. The molecule has 5 aliphatic rings. The summed E-state index contributed by atoms with van der Waals surface area (Å²) in [6.45, 7) is 28.1. The van der Waals surface area contributed by atoms with Crippen molar-refractivity contribution >= 4 is 36.9 Å². The minimum atomic E-state index is -2.15. The van der Waals surface area contributed by atoms with Crippen LogP contribution < -0.4 is 81.5 Å². The zero-order chi connectivity index (χ0) is 92.7. The molecule has 0 saturated carbocycles. The summed E-state index contributed by atoms with van der Waals surface area (Å²) in [5.74, 6) is 11.6. The smallest absolute Gasteiger partial charge is 0.216 e. The maximum absolute atomic E-state index is 8.26. The van der Waals surface area contributed by atoms with Crippen molar-refractivity contribution in [3.05, 3.63) is 328 Å². The molecular weight excluding hydrogens is 1550 g/mol. The summed E-state index contributed by atoms with van der Waals surface area (Å²) in [6.07, 6.45) is 9.75. The SMILES string of the molecule is Cc1cc(-c2c(C)ccc3c2[Si](C)(C)c2ccccc2O3)[n+](C)cc1C.Cc1ccc(-c2c(C)ccc3c2[Si](C)(C)c2ccccc2O3)[n+](C)c1.[2H]C(C)(C)c1ccc(-c2c(C)ccc3c2Oc2ccccc2O3)[n+](C)c1.[2H]C([2H])([2H])c1c[n+](C)c(-c2c(C)ccc3c2Oc2ccccc2O3)cc1C.[2H]C([2H])([2H])c1ccc(-c2c(C)ccc3c2Oc2ccccc2O3)[n+](C)c1. The Morgan fingerprint density at radius 2 is 0.561 bits per heavy atom. The maximum Gasteiger partial charge on any atom is 0.216 e. The second kappa shape index (κ2) is 33.7. The number of ether oxygens (including phenoxy) is 8.